The summed E-state index contributed by atoms with van der Waals surface area (Å²) >= 11 is 0. The highest BCUT2D eigenvalue weighted by molar-refractivity contribution is 5.94. The quantitative estimate of drug-likeness (QED) is 0.775. The molecule has 0 saturated carbocycles. The fourth-order valence-electron chi connectivity index (χ4n) is 1.83. The van der Waals surface area contributed by atoms with Gasteiger partial charge in [0.1, 0.15) is 5.82 Å². The Bertz CT molecular complexity index is 574. The molecule has 18 heavy (non-hydrogen) atoms. The van der Waals surface area contributed by atoms with Crippen molar-refractivity contribution in [2.75, 3.05) is 0 Å². The van der Waals surface area contributed by atoms with Gasteiger partial charge in [0.2, 0.25) is 0 Å². The van der Waals surface area contributed by atoms with Gasteiger partial charge in [-0.15, -0.1) is 0 Å². The van der Waals surface area contributed by atoms with Gasteiger partial charge in [-0.1, -0.05) is 29.8 Å². The number of rotatable bonds is 3. The Morgan fingerprint density at radius 2 is 1.83 bits per heavy atom. The lowest BCUT2D eigenvalue weighted by atomic mass is 10.1. The van der Waals surface area contributed by atoms with Crippen LogP contribution in [0.25, 0.3) is 0 Å². The lowest BCUT2D eigenvalue weighted by molar-refractivity contribution is 0.101. The number of carbonyl (C=O) groups excluding carboxylic acids is 1. The van der Waals surface area contributed by atoms with Crippen LogP contribution in [-0.2, 0) is 6.42 Å². The van der Waals surface area contributed by atoms with E-state index in [0.717, 1.165) is 11.5 Å². The van der Waals surface area contributed by atoms with Gasteiger partial charge in [-0.2, -0.15) is 0 Å². The molecule has 0 aliphatic heterocycles. The molecule has 1 aromatic carbocycles. The van der Waals surface area contributed by atoms with E-state index in [-0.39, 0.29) is 5.78 Å². The number of hydrogen-bond acceptors (Lipinski definition) is 3. The molecule has 92 valence electrons. The summed E-state index contributed by atoms with van der Waals surface area (Å²) in [7, 11) is 0. The number of nitrogens with zero attached hydrogens (tertiary/aromatic N) is 2. The van der Waals surface area contributed by atoms with Crippen LogP contribution in [0.5, 0.6) is 0 Å². The lowest BCUT2D eigenvalue weighted by Gasteiger charge is -2.05. The van der Waals surface area contributed by atoms with E-state index in [9.17, 15) is 4.79 Å². The Balaban J connectivity index is 2.22. The zero-order chi connectivity index (χ0) is 13.1. The fourth-order valence-corrected chi connectivity index (χ4v) is 1.83. The van der Waals surface area contributed by atoms with E-state index in [2.05, 4.69) is 41.2 Å². The highest BCUT2D eigenvalue weighted by Crippen LogP contribution is 2.10. The van der Waals surface area contributed by atoms with Crippen LogP contribution in [0.4, 0.5) is 0 Å². The number of hydrogen-bond donors (Lipinski definition) is 0. The van der Waals surface area contributed by atoms with Crippen molar-refractivity contribution in [2.24, 2.45) is 0 Å². The van der Waals surface area contributed by atoms with E-state index in [1.165, 1.54) is 18.1 Å². The molecule has 1 aromatic heterocycles. The molecular formula is C15H16N2O. The van der Waals surface area contributed by atoms with Crippen LogP contribution in [0, 0.1) is 13.8 Å². The summed E-state index contributed by atoms with van der Waals surface area (Å²) in [4.78, 5) is 19.9. The van der Waals surface area contributed by atoms with Crippen molar-refractivity contribution >= 4 is 5.78 Å². The molecule has 0 fully saturated rings. The second kappa shape index (κ2) is 5.08. The Morgan fingerprint density at radius 3 is 2.39 bits per heavy atom. The average molecular weight is 240 g/mol. The van der Waals surface area contributed by atoms with Gasteiger partial charge in [-0.25, -0.2) is 9.97 Å². The third-order valence-corrected chi connectivity index (χ3v) is 2.89. The van der Waals surface area contributed by atoms with E-state index in [1.54, 1.807) is 6.20 Å². The first kappa shape index (κ1) is 12.4. The van der Waals surface area contributed by atoms with Gasteiger partial charge in [0.05, 0.1) is 11.3 Å². The molecule has 0 atom stereocenters. The second-order valence-corrected chi connectivity index (χ2v) is 4.50. The molecular weight excluding hydrogens is 224 g/mol. The van der Waals surface area contributed by atoms with Gasteiger partial charge in [0, 0.05) is 12.6 Å². The summed E-state index contributed by atoms with van der Waals surface area (Å²) in [6.07, 6.45) is 2.31. The zero-order valence-corrected chi connectivity index (χ0v) is 10.9. The second-order valence-electron chi connectivity index (χ2n) is 4.50. The van der Waals surface area contributed by atoms with Gasteiger partial charge in [0.25, 0.3) is 0 Å². The lowest BCUT2D eigenvalue weighted by Crippen LogP contribution is -2.05. The number of benzene rings is 1. The molecule has 0 aliphatic carbocycles. The van der Waals surface area contributed by atoms with Crippen LogP contribution in [0.15, 0.2) is 30.5 Å². The summed E-state index contributed by atoms with van der Waals surface area (Å²) in [5.74, 6) is 0.760. The Labute approximate surface area is 107 Å². The number of aryl methyl sites for hydroxylation is 2. The van der Waals surface area contributed by atoms with E-state index < -0.39 is 0 Å². The summed E-state index contributed by atoms with van der Waals surface area (Å²) in [6.45, 7) is 5.44. The van der Waals surface area contributed by atoms with Crippen molar-refractivity contribution in [3.05, 3.63) is 58.7 Å². The van der Waals surface area contributed by atoms with Crippen LogP contribution in [0.1, 0.15) is 39.9 Å². The van der Waals surface area contributed by atoms with Crippen molar-refractivity contribution in [2.45, 2.75) is 27.2 Å². The molecule has 0 aliphatic rings. The van der Waals surface area contributed by atoms with Crippen molar-refractivity contribution in [3.8, 4) is 0 Å². The first-order chi connectivity index (χ1) is 8.56. The van der Waals surface area contributed by atoms with Crippen LogP contribution < -0.4 is 0 Å². The predicted octanol–water partition coefficient (Wildman–Crippen LogP) is 2.89. The number of Topliss-reactive ketones (excluding diaryl/α,β-unsaturated/α-hetero) is 1. The number of carbonyl (C=O) groups is 1. The molecule has 0 unspecified atom stereocenters. The molecule has 2 aromatic rings. The van der Waals surface area contributed by atoms with Crippen molar-refractivity contribution < 1.29 is 4.79 Å². The Morgan fingerprint density at radius 1 is 1.17 bits per heavy atom. The monoisotopic (exact) mass is 240 g/mol. The van der Waals surface area contributed by atoms with E-state index in [0.29, 0.717) is 12.0 Å². The summed E-state index contributed by atoms with van der Waals surface area (Å²) in [5, 5.41) is 0. The Hall–Kier alpha value is -2.03. The maximum atomic E-state index is 11.3. The predicted molar refractivity (Wildman–Crippen MR) is 70.8 cm³/mol. The Kier molecular flexibility index (Phi) is 3.51. The SMILES string of the molecule is CC(=O)c1cnc(Cc2ccc(C)cc2)nc1C. The average Bonchev–Trinajstić information content (AvgIpc) is 2.32. The van der Waals surface area contributed by atoms with E-state index in [4.69, 9.17) is 0 Å². The highest BCUT2D eigenvalue weighted by Gasteiger charge is 2.07. The molecule has 1 heterocycles. The van der Waals surface area contributed by atoms with Crippen LogP contribution in [-0.4, -0.2) is 15.8 Å². The molecule has 0 amide bonds. The van der Waals surface area contributed by atoms with Crippen LogP contribution in [0.2, 0.25) is 0 Å². The molecule has 0 radical (unpaired) electrons. The molecule has 0 N–H and O–H groups in total. The molecule has 0 bridgehead atoms. The molecule has 0 saturated heterocycles. The summed E-state index contributed by atoms with van der Waals surface area (Å²) in [5.41, 5.74) is 3.76. The van der Waals surface area contributed by atoms with Gasteiger partial charge >= 0.3 is 0 Å². The number of aromatic nitrogens is 2. The molecule has 3 heteroatoms. The van der Waals surface area contributed by atoms with Crippen LogP contribution in [0.3, 0.4) is 0 Å². The minimum absolute atomic E-state index is 0.00869. The summed E-state index contributed by atoms with van der Waals surface area (Å²) in [6, 6.07) is 8.30. The van der Waals surface area contributed by atoms with Gasteiger partial charge in [-0.3, -0.25) is 4.79 Å². The first-order valence-corrected chi connectivity index (χ1v) is 5.95. The van der Waals surface area contributed by atoms with Crippen LogP contribution >= 0.6 is 0 Å². The minimum Gasteiger partial charge on any atom is -0.294 e. The molecule has 3 nitrogen and oxygen atoms in total. The van der Waals surface area contributed by atoms with E-state index >= 15 is 0 Å². The van der Waals surface area contributed by atoms with Crippen molar-refractivity contribution in [1.29, 1.82) is 0 Å². The minimum atomic E-state index is 0.00869. The van der Waals surface area contributed by atoms with Gasteiger partial charge in [-0.05, 0) is 26.3 Å². The fraction of sp³-hybridized carbons (Fsp3) is 0.267. The first-order valence-electron chi connectivity index (χ1n) is 5.95. The molecule has 0 spiro atoms. The van der Waals surface area contributed by atoms with Crippen molar-refractivity contribution in [3.63, 3.8) is 0 Å². The maximum absolute atomic E-state index is 11.3. The van der Waals surface area contributed by atoms with Gasteiger partial charge < -0.3 is 0 Å². The highest BCUT2D eigenvalue weighted by atomic mass is 16.1. The van der Waals surface area contributed by atoms with Gasteiger partial charge in [0.15, 0.2) is 5.78 Å². The van der Waals surface area contributed by atoms with Crippen molar-refractivity contribution in [1.82, 2.24) is 9.97 Å². The van der Waals surface area contributed by atoms with E-state index in [1.807, 2.05) is 6.92 Å². The standard InChI is InChI=1S/C15H16N2O/c1-10-4-6-13(7-5-10)8-15-16-9-14(12(3)18)11(2)17-15/h4-7,9H,8H2,1-3H3. The summed E-state index contributed by atoms with van der Waals surface area (Å²) < 4.78 is 0. The maximum Gasteiger partial charge on any atom is 0.163 e. The largest absolute Gasteiger partial charge is 0.294 e. The third kappa shape index (κ3) is 2.80. The normalized spacial score (nSPS) is 10.4. The topological polar surface area (TPSA) is 42.9 Å². The smallest absolute Gasteiger partial charge is 0.163 e. The third-order valence-electron chi connectivity index (χ3n) is 2.89. The zero-order valence-electron chi connectivity index (χ0n) is 10.9. The molecule has 2 rings (SSSR count). The number of ketones is 1.